The summed E-state index contributed by atoms with van der Waals surface area (Å²) in [5, 5.41) is 10.4. The molecule has 7 nitrogen and oxygen atoms in total. The normalized spacial score (nSPS) is 10.6. The molecule has 0 unspecified atom stereocenters. The van der Waals surface area contributed by atoms with Crippen LogP contribution < -0.4 is 11.0 Å². The Hall–Kier alpha value is -3.52. The quantitative estimate of drug-likeness (QED) is 0.569. The van der Waals surface area contributed by atoms with Crippen molar-refractivity contribution >= 4 is 17.9 Å². The molecule has 0 aliphatic rings. The molecule has 1 N–H and O–H groups in total. The highest BCUT2D eigenvalue weighted by Gasteiger charge is 2.16. The van der Waals surface area contributed by atoms with Crippen LogP contribution in [0.5, 0.6) is 5.75 Å². The maximum atomic E-state index is 13.4. The van der Waals surface area contributed by atoms with E-state index in [4.69, 9.17) is 0 Å². The van der Waals surface area contributed by atoms with E-state index >= 15 is 0 Å². The summed E-state index contributed by atoms with van der Waals surface area (Å²) in [6.07, 6.45) is 8.76. The van der Waals surface area contributed by atoms with Crippen molar-refractivity contribution in [2.45, 2.75) is 6.54 Å². The van der Waals surface area contributed by atoms with E-state index in [0.717, 1.165) is 0 Å². The summed E-state index contributed by atoms with van der Waals surface area (Å²) in [7, 11) is 0. The number of rotatable bonds is 3. The van der Waals surface area contributed by atoms with Gasteiger partial charge in [-0.25, -0.2) is 4.39 Å². The molecular weight excluding hydrogens is 387 g/mol. The minimum atomic E-state index is -0.712. The number of aromatic nitrogens is 4. The zero-order valence-corrected chi connectivity index (χ0v) is 15.1. The van der Waals surface area contributed by atoms with Crippen LogP contribution in [0.2, 0.25) is 0 Å². The van der Waals surface area contributed by atoms with Gasteiger partial charge in [-0.1, -0.05) is 12.1 Å². The Morgan fingerprint density at radius 1 is 1.14 bits per heavy atom. The Labute approximate surface area is 163 Å². The average Bonchev–Trinajstić information content (AvgIpc) is 2.67. The van der Waals surface area contributed by atoms with Crippen molar-refractivity contribution in [2.75, 3.05) is 0 Å². The second-order valence-electron chi connectivity index (χ2n) is 5.93. The molecule has 0 fully saturated rings. The number of hydrogen-bond donors (Lipinski definition) is 1. The van der Waals surface area contributed by atoms with E-state index < -0.39 is 22.6 Å². The van der Waals surface area contributed by atoms with E-state index in [2.05, 4.69) is 9.97 Å². The topological polar surface area (TPSA) is 89.5 Å². The third-order valence-electron chi connectivity index (χ3n) is 4.16. The molecule has 28 heavy (non-hydrogen) atoms. The van der Waals surface area contributed by atoms with Crippen LogP contribution >= 0.6 is 12.4 Å². The summed E-state index contributed by atoms with van der Waals surface area (Å²) in [6.45, 7) is 0.104. The fourth-order valence-corrected chi connectivity index (χ4v) is 2.88. The molecule has 0 atom stereocenters. The van der Waals surface area contributed by atoms with Gasteiger partial charge < -0.3 is 14.1 Å². The summed E-state index contributed by atoms with van der Waals surface area (Å²) in [6, 6.07) is 5.86. The number of pyridine rings is 1. The first-order chi connectivity index (χ1) is 13.0. The van der Waals surface area contributed by atoms with Crippen LogP contribution in [-0.4, -0.2) is 24.0 Å². The molecule has 0 radical (unpaired) electrons. The Morgan fingerprint density at radius 3 is 2.68 bits per heavy atom. The lowest BCUT2D eigenvalue weighted by atomic mass is 10.2. The predicted molar refractivity (Wildman–Crippen MR) is 103 cm³/mol. The number of aromatic hydroxyl groups is 1. The number of halogens is 2. The second kappa shape index (κ2) is 7.61. The maximum Gasteiger partial charge on any atom is 0.279 e. The highest BCUT2D eigenvalue weighted by Crippen LogP contribution is 2.17. The lowest BCUT2D eigenvalue weighted by molar-refractivity contribution is 0.472. The monoisotopic (exact) mass is 400 g/mol. The zero-order chi connectivity index (χ0) is 19.0. The van der Waals surface area contributed by atoms with Crippen molar-refractivity contribution in [1.29, 1.82) is 0 Å². The van der Waals surface area contributed by atoms with Gasteiger partial charge in [0.15, 0.2) is 11.3 Å². The summed E-state index contributed by atoms with van der Waals surface area (Å²) in [4.78, 5) is 33.2. The first-order valence-electron chi connectivity index (χ1n) is 8.03. The van der Waals surface area contributed by atoms with Gasteiger partial charge in [0, 0.05) is 31.0 Å². The van der Waals surface area contributed by atoms with Gasteiger partial charge in [0.1, 0.15) is 5.82 Å². The SMILES string of the molecule is Cl.O=c1c(-c2cnccn2)cn2ccn(Cc3cccc(F)c3)c(=O)c2c1O. The van der Waals surface area contributed by atoms with Crippen LogP contribution in [0.3, 0.4) is 0 Å². The van der Waals surface area contributed by atoms with E-state index in [1.807, 2.05) is 0 Å². The number of benzene rings is 1. The van der Waals surface area contributed by atoms with Gasteiger partial charge in [0.05, 0.1) is 24.0 Å². The molecule has 4 rings (SSSR count). The Balaban J connectivity index is 0.00000225. The average molecular weight is 401 g/mol. The molecule has 3 aromatic heterocycles. The second-order valence-corrected chi connectivity index (χ2v) is 5.93. The minimum Gasteiger partial charge on any atom is -0.503 e. The van der Waals surface area contributed by atoms with Gasteiger partial charge >= 0.3 is 0 Å². The summed E-state index contributed by atoms with van der Waals surface area (Å²) in [5.74, 6) is -1.08. The number of hydrogen-bond acceptors (Lipinski definition) is 5. The van der Waals surface area contributed by atoms with Crippen LogP contribution in [0.15, 0.2) is 71.0 Å². The van der Waals surface area contributed by atoms with E-state index in [1.165, 1.54) is 58.3 Å². The molecule has 0 saturated carbocycles. The van der Waals surface area contributed by atoms with Crippen molar-refractivity contribution < 1.29 is 9.50 Å². The minimum absolute atomic E-state index is 0. The highest BCUT2D eigenvalue weighted by atomic mass is 35.5. The van der Waals surface area contributed by atoms with Gasteiger partial charge in [-0.3, -0.25) is 19.6 Å². The van der Waals surface area contributed by atoms with E-state index in [0.29, 0.717) is 5.56 Å². The largest absolute Gasteiger partial charge is 0.503 e. The van der Waals surface area contributed by atoms with Crippen molar-refractivity contribution in [3.05, 3.63) is 93.4 Å². The van der Waals surface area contributed by atoms with Gasteiger partial charge in [0.25, 0.3) is 5.56 Å². The molecule has 0 spiro atoms. The van der Waals surface area contributed by atoms with Crippen molar-refractivity contribution in [1.82, 2.24) is 18.9 Å². The maximum absolute atomic E-state index is 13.4. The van der Waals surface area contributed by atoms with Crippen LogP contribution in [0.25, 0.3) is 16.8 Å². The lowest BCUT2D eigenvalue weighted by Crippen LogP contribution is -2.24. The molecule has 0 aliphatic carbocycles. The van der Waals surface area contributed by atoms with Gasteiger partial charge in [-0.05, 0) is 17.7 Å². The van der Waals surface area contributed by atoms with Crippen LogP contribution in [0.1, 0.15) is 5.56 Å². The van der Waals surface area contributed by atoms with E-state index in [9.17, 15) is 19.1 Å². The van der Waals surface area contributed by atoms with E-state index in [1.54, 1.807) is 12.1 Å². The van der Waals surface area contributed by atoms with Crippen molar-refractivity contribution in [3.8, 4) is 17.0 Å². The molecule has 0 aliphatic heterocycles. The number of fused-ring (bicyclic) bond motifs is 1. The Kier molecular flexibility index (Phi) is 5.23. The van der Waals surface area contributed by atoms with E-state index in [-0.39, 0.29) is 35.7 Å². The first-order valence-corrected chi connectivity index (χ1v) is 8.03. The molecule has 3 heterocycles. The van der Waals surface area contributed by atoms with Crippen LogP contribution in [0, 0.1) is 5.82 Å². The van der Waals surface area contributed by atoms with Crippen LogP contribution in [-0.2, 0) is 6.54 Å². The summed E-state index contributed by atoms with van der Waals surface area (Å²) in [5.41, 5.74) is -0.444. The molecular formula is C19H14ClFN4O3. The van der Waals surface area contributed by atoms with Gasteiger partial charge in [-0.15, -0.1) is 12.4 Å². The summed E-state index contributed by atoms with van der Waals surface area (Å²) >= 11 is 0. The lowest BCUT2D eigenvalue weighted by Gasteiger charge is -2.11. The molecule has 0 saturated heterocycles. The molecule has 142 valence electrons. The third-order valence-corrected chi connectivity index (χ3v) is 4.16. The molecule has 0 bridgehead atoms. The van der Waals surface area contributed by atoms with Crippen molar-refractivity contribution in [2.24, 2.45) is 0 Å². The third kappa shape index (κ3) is 3.37. The van der Waals surface area contributed by atoms with Crippen LogP contribution in [0.4, 0.5) is 4.39 Å². The number of nitrogens with zero attached hydrogens (tertiary/aromatic N) is 4. The van der Waals surface area contributed by atoms with Crippen molar-refractivity contribution in [3.63, 3.8) is 0 Å². The molecule has 1 aromatic carbocycles. The summed E-state index contributed by atoms with van der Waals surface area (Å²) < 4.78 is 16.0. The smallest absolute Gasteiger partial charge is 0.279 e. The fourth-order valence-electron chi connectivity index (χ4n) is 2.88. The van der Waals surface area contributed by atoms with Gasteiger partial charge in [-0.2, -0.15) is 0 Å². The molecule has 0 amide bonds. The first kappa shape index (κ1) is 19.2. The highest BCUT2D eigenvalue weighted by molar-refractivity contribution is 5.85. The molecule has 4 aromatic rings. The zero-order valence-electron chi connectivity index (χ0n) is 14.3. The van der Waals surface area contributed by atoms with Gasteiger partial charge in [0.2, 0.25) is 5.43 Å². The Bertz CT molecular complexity index is 1270. The predicted octanol–water partition coefficient (Wildman–Crippen LogP) is 2.23. The molecule has 9 heteroatoms. The fraction of sp³-hybridized carbons (Fsp3) is 0.0526. The standard InChI is InChI=1S/C19H13FN4O3.ClH/c20-13-3-1-2-12(8-13)10-24-7-6-23-11-14(15-9-21-4-5-22-15)17(25)18(26)16(23)19(24)27;/h1-9,11,26H,10H2;1H. The Morgan fingerprint density at radius 2 is 1.96 bits per heavy atom.